The van der Waals surface area contributed by atoms with E-state index in [2.05, 4.69) is 43.4 Å². The minimum Gasteiger partial charge on any atom is -0.497 e. The van der Waals surface area contributed by atoms with Gasteiger partial charge in [0.1, 0.15) is 11.5 Å². The topological polar surface area (TPSA) is 30.5 Å². The van der Waals surface area contributed by atoms with Crippen molar-refractivity contribution in [2.45, 2.75) is 19.9 Å². The zero-order valence-electron chi connectivity index (χ0n) is 12.4. The van der Waals surface area contributed by atoms with Gasteiger partial charge >= 0.3 is 0 Å². The molecule has 1 N–H and O–H groups in total. The van der Waals surface area contributed by atoms with Crippen LogP contribution in [-0.4, -0.2) is 20.8 Å². The molecular weight excluding hydrogens is 270 g/mol. The van der Waals surface area contributed by atoms with Crippen molar-refractivity contribution >= 4 is 11.3 Å². The molecule has 2 rings (SSSR count). The Balaban J connectivity index is 2.42. The van der Waals surface area contributed by atoms with Crippen LogP contribution >= 0.6 is 11.3 Å². The second kappa shape index (κ2) is 6.77. The van der Waals surface area contributed by atoms with Crippen LogP contribution in [0.15, 0.2) is 30.3 Å². The number of nitrogens with one attached hydrogen (secondary N) is 1. The third kappa shape index (κ3) is 3.32. The summed E-state index contributed by atoms with van der Waals surface area (Å²) in [5.41, 5.74) is 1.16. The van der Waals surface area contributed by atoms with Crippen LogP contribution in [0.25, 0.3) is 0 Å². The van der Waals surface area contributed by atoms with E-state index < -0.39 is 0 Å². The highest BCUT2D eigenvalue weighted by Crippen LogP contribution is 2.32. The third-order valence-electron chi connectivity index (χ3n) is 3.16. The molecule has 1 aromatic heterocycles. The van der Waals surface area contributed by atoms with Crippen LogP contribution in [0.4, 0.5) is 0 Å². The molecule has 0 spiro atoms. The maximum Gasteiger partial charge on any atom is 0.122 e. The number of hydrogen-bond acceptors (Lipinski definition) is 4. The maximum atomic E-state index is 5.36. The van der Waals surface area contributed by atoms with E-state index in [9.17, 15) is 0 Å². The van der Waals surface area contributed by atoms with Gasteiger partial charge in [0.15, 0.2) is 0 Å². The maximum absolute atomic E-state index is 5.36. The summed E-state index contributed by atoms with van der Waals surface area (Å²) in [7, 11) is 3.35. The Bertz CT molecular complexity index is 543. The fraction of sp³-hybridized carbons (Fsp3) is 0.375. The third-order valence-corrected chi connectivity index (χ3v) is 4.23. The van der Waals surface area contributed by atoms with Crippen molar-refractivity contribution in [3.05, 3.63) is 45.6 Å². The number of methoxy groups -OCH3 is 2. The first-order valence-corrected chi connectivity index (χ1v) is 7.52. The van der Waals surface area contributed by atoms with Crippen molar-refractivity contribution in [1.82, 2.24) is 5.32 Å². The molecule has 0 amide bonds. The second-order valence-electron chi connectivity index (χ2n) is 4.59. The molecule has 20 heavy (non-hydrogen) atoms. The molecule has 108 valence electrons. The standard InChI is InChI=1S/C16H21NO2S/c1-5-17-16(15-7-6-11(2)20-15)12-8-13(18-3)10-14(9-12)19-4/h6-10,16-17H,5H2,1-4H3. The largest absolute Gasteiger partial charge is 0.497 e. The number of aryl methyl sites for hydroxylation is 1. The zero-order valence-corrected chi connectivity index (χ0v) is 13.2. The Kier molecular flexibility index (Phi) is 5.04. The van der Waals surface area contributed by atoms with E-state index in [0.717, 1.165) is 23.6 Å². The van der Waals surface area contributed by atoms with E-state index in [0.29, 0.717) is 0 Å². The smallest absolute Gasteiger partial charge is 0.122 e. The Morgan fingerprint density at radius 3 is 2.20 bits per heavy atom. The summed E-state index contributed by atoms with van der Waals surface area (Å²) in [6.07, 6.45) is 0. The zero-order chi connectivity index (χ0) is 14.5. The summed E-state index contributed by atoms with van der Waals surface area (Å²) in [6.45, 7) is 5.15. The van der Waals surface area contributed by atoms with Crippen LogP contribution in [-0.2, 0) is 0 Å². The van der Waals surface area contributed by atoms with Crippen molar-refractivity contribution < 1.29 is 9.47 Å². The fourth-order valence-electron chi connectivity index (χ4n) is 2.19. The molecule has 0 aliphatic heterocycles. The minimum absolute atomic E-state index is 0.169. The van der Waals surface area contributed by atoms with Gasteiger partial charge in [0.05, 0.1) is 20.3 Å². The van der Waals surface area contributed by atoms with E-state index in [-0.39, 0.29) is 6.04 Å². The van der Waals surface area contributed by atoms with Crippen LogP contribution in [0.5, 0.6) is 11.5 Å². The quantitative estimate of drug-likeness (QED) is 0.878. The first kappa shape index (κ1) is 14.9. The van der Waals surface area contributed by atoms with E-state index in [1.165, 1.54) is 9.75 Å². The monoisotopic (exact) mass is 291 g/mol. The molecule has 0 bridgehead atoms. The van der Waals surface area contributed by atoms with E-state index in [1.54, 1.807) is 14.2 Å². The van der Waals surface area contributed by atoms with Crippen LogP contribution in [0.3, 0.4) is 0 Å². The number of rotatable bonds is 6. The summed E-state index contributed by atoms with van der Waals surface area (Å²) in [4.78, 5) is 2.62. The fourth-order valence-corrected chi connectivity index (χ4v) is 3.17. The molecule has 0 fully saturated rings. The Hall–Kier alpha value is -1.52. The summed E-state index contributed by atoms with van der Waals surface area (Å²) < 4.78 is 10.7. The lowest BCUT2D eigenvalue weighted by Gasteiger charge is -2.18. The predicted molar refractivity (Wildman–Crippen MR) is 84.1 cm³/mol. The van der Waals surface area contributed by atoms with Crippen LogP contribution < -0.4 is 14.8 Å². The van der Waals surface area contributed by atoms with E-state index in [1.807, 2.05) is 17.4 Å². The highest BCUT2D eigenvalue weighted by molar-refractivity contribution is 7.12. The molecule has 0 saturated heterocycles. The van der Waals surface area contributed by atoms with Gasteiger partial charge < -0.3 is 14.8 Å². The average molecular weight is 291 g/mol. The van der Waals surface area contributed by atoms with Gasteiger partial charge in [-0.2, -0.15) is 0 Å². The van der Waals surface area contributed by atoms with E-state index in [4.69, 9.17) is 9.47 Å². The molecule has 1 aromatic carbocycles. The molecule has 0 radical (unpaired) electrons. The first-order valence-electron chi connectivity index (χ1n) is 6.70. The number of benzene rings is 1. The second-order valence-corrected chi connectivity index (χ2v) is 5.90. The summed E-state index contributed by atoms with van der Waals surface area (Å²) in [5.74, 6) is 1.63. The predicted octanol–water partition coefficient (Wildman–Crippen LogP) is 3.77. The number of thiophene rings is 1. The first-order chi connectivity index (χ1) is 9.67. The van der Waals surface area contributed by atoms with Gasteiger partial charge in [-0.05, 0) is 43.3 Å². The van der Waals surface area contributed by atoms with Gasteiger partial charge in [-0.1, -0.05) is 6.92 Å². The lowest BCUT2D eigenvalue weighted by molar-refractivity contribution is 0.392. The Morgan fingerprint density at radius 2 is 1.75 bits per heavy atom. The van der Waals surface area contributed by atoms with Crippen molar-refractivity contribution in [2.24, 2.45) is 0 Å². The molecule has 1 atom stereocenters. The lowest BCUT2D eigenvalue weighted by Crippen LogP contribution is -2.21. The minimum atomic E-state index is 0.169. The van der Waals surface area contributed by atoms with Crippen LogP contribution in [0.2, 0.25) is 0 Å². The summed E-state index contributed by atoms with van der Waals surface area (Å²) in [6, 6.07) is 10.5. The van der Waals surface area contributed by atoms with Crippen molar-refractivity contribution in [1.29, 1.82) is 0 Å². The molecule has 1 heterocycles. The van der Waals surface area contributed by atoms with Crippen LogP contribution in [0.1, 0.15) is 28.3 Å². The van der Waals surface area contributed by atoms with Crippen molar-refractivity contribution in [3.63, 3.8) is 0 Å². The molecule has 0 aliphatic rings. The van der Waals surface area contributed by atoms with Gasteiger partial charge in [-0.25, -0.2) is 0 Å². The van der Waals surface area contributed by atoms with E-state index >= 15 is 0 Å². The van der Waals surface area contributed by atoms with Gasteiger partial charge in [0, 0.05) is 15.8 Å². The number of ether oxygens (including phenoxy) is 2. The molecule has 2 aromatic rings. The average Bonchev–Trinajstić information content (AvgIpc) is 2.90. The highest BCUT2D eigenvalue weighted by Gasteiger charge is 2.16. The molecule has 4 heteroatoms. The molecule has 0 saturated carbocycles. The summed E-state index contributed by atoms with van der Waals surface area (Å²) >= 11 is 1.81. The summed E-state index contributed by atoms with van der Waals surface area (Å²) in [5, 5.41) is 3.53. The van der Waals surface area contributed by atoms with Gasteiger partial charge in [0.2, 0.25) is 0 Å². The SMILES string of the molecule is CCNC(c1cc(OC)cc(OC)c1)c1ccc(C)s1. The lowest BCUT2D eigenvalue weighted by atomic mass is 10.0. The van der Waals surface area contributed by atoms with Crippen molar-refractivity contribution in [2.75, 3.05) is 20.8 Å². The molecule has 3 nitrogen and oxygen atoms in total. The van der Waals surface area contributed by atoms with Crippen molar-refractivity contribution in [3.8, 4) is 11.5 Å². The number of hydrogen-bond donors (Lipinski definition) is 1. The van der Waals surface area contributed by atoms with Gasteiger partial charge in [-0.3, -0.25) is 0 Å². The Labute approximate surface area is 124 Å². The Morgan fingerprint density at radius 1 is 1.10 bits per heavy atom. The highest BCUT2D eigenvalue weighted by atomic mass is 32.1. The van der Waals surface area contributed by atoms with Crippen LogP contribution in [0, 0.1) is 6.92 Å². The van der Waals surface area contributed by atoms with Gasteiger partial charge in [0.25, 0.3) is 0 Å². The molecular formula is C16H21NO2S. The van der Waals surface area contributed by atoms with Gasteiger partial charge in [-0.15, -0.1) is 11.3 Å². The molecule has 1 unspecified atom stereocenters. The normalized spacial score (nSPS) is 12.2. The molecule has 0 aliphatic carbocycles.